The number of nitrogens with zero attached hydrogens (tertiary/aromatic N) is 2. The van der Waals surface area contributed by atoms with E-state index in [2.05, 4.69) is 36.8 Å². The van der Waals surface area contributed by atoms with Crippen molar-refractivity contribution >= 4 is 43.5 Å². The molecular weight excluding hydrogens is 407 g/mol. The molecule has 1 heterocycles. The zero-order chi connectivity index (χ0) is 14.5. The van der Waals surface area contributed by atoms with Crippen LogP contribution in [-0.2, 0) is 12.5 Å². The molecular formula is C14H9Br2ClN2O. The molecule has 1 aromatic heterocycles. The Labute approximate surface area is 138 Å². The molecule has 0 fully saturated rings. The van der Waals surface area contributed by atoms with Gasteiger partial charge in [0, 0.05) is 12.1 Å². The number of ether oxygens (including phenoxy) is 1. The van der Waals surface area contributed by atoms with Crippen LogP contribution in [0.4, 0.5) is 0 Å². The van der Waals surface area contributed by atoms with Gasteiger partial charge in [0.15, 0.2) is 0 Å². The molecule has 0 saturated heterocycles. The summed E-state index contributed by atoms with van der Waals surface area (Å²) in [4.78, 5) is 3.92. The second-order valence-corrected chi connectivity index (χ2v) is 5.95. The molecule has 3 nitrogen and oxygen atoms in total. The van der Waals surface area contributed by atoms with Crippen LogP contribution in [0.3, 0.4) is 0 Å². The van der Waals surface area contributed by atoms with Crippen molar-refractivity contribution in [3.8, 4) is 11.8 Å². The highest BCUT2D eigenvalue weighted by Crippen LogP contribution is 2.35. The molecule has 1 aromatic carbocycles. The SMILES string of the molecule is N#Cc1cc(COc2c(Br)cc(CCl)cc2Br)ccn1. The van der Waals surface area contributed by atoms with Crippen LogP contribution in [0.25, 0.3) is 0 Å². The Bertz CT molecular complexity index is 647. The summed E-state index contributed by atoms with van der Waals surface area (Å²) in [5.41, 5.74) is 2.26. The number of hydrogen-bond acceptors (Lipinski definition) is 3. The number of nitriles is 1. The quantitative estimate of drug-likeness (QED) is 0.673. The van der Waals surface area contributed by atoms with Crippen LogP contribution in [0.1, 0.15) is 16.8 Å². The third-order valence-corrected chi connectivity index (χ3v) is 4.02. The predicted octanol–water partition coefficient (Wildman–Crippen LogP) is 4.80. The van der Waals surface area contributed by atoms with Crippen molar-refractivity contribution in [1.29, 1.82) is 5.26 Å². The minimum absolute atomic E-state index is 0.356. The summed E-state index contributed by atoms with van der Waals surface area (Å²) in [5, 5.41) is 8.81. The number of hydrogen-bond donors (Lipinski definition) is 0. The van der Waals surface area contributed by atoms with Gasteiger partial charge in [-0.3, -0.25) is 0 Å². The normalized spacial score (nSPS) is 10.1. The molecule has 0 radical (unpaired) electrons. The van der Waals surface area contributed by atoms with Gasteiger partial charge in [0.1, 0.15) is 24.1 Å². The van der Waals surface area contributed by atoms with Gasteiger partial charge in [0.2, 0.25) is 0 Å². The largest absolute Gasteiger partial charge is 0.487 e. The molecule has 0 unspecified atom stereocenters. The molecule has 20 heavy (non-hydrogen) atoms. The van der Waals surface area contributed by atoms with Crippen LogP contribution in [0.2, 0.25) is 0 Å². The first kappa shape index (κ1) is 15.3. The van der Waals surface area contributed by atoms with Gasteiger partial charge < -0.3 is 4.74 Å². The average Bonchev–Trinajstić information content (AvgIpc) is 2.46. The minimum atomic E-state index is 0.356. The third kappa shape index (κ3) is 3.72. The lowest BCUT2D eigenvalue weighted by molar-refractivity contribution is 0.302. The second-order valence-electron chi connectivity index (χ2n) is 3.97. The lowest BCUT2D eigenvalue weighted by Crippen LogP contribution is -1.98. The molecule has 102 valence electrons. The van der Waals surface area contributed by atoms with E-state index in [1.807, 2.05) is 24.3 Å². The smallest absolute Gasteiger partial charge is 0.148 e. The summed E-state index contributed by atoms with van der Waals surface area (Å²) >= 11 is 12.7. The van der Waals surface area contributed by atoms with E-state index in [0.29, 0.717) is 23.9 Å². The monoisotopic (exact) mass is 414 g/mol. The first-order valence-electron chi connectivity index (χ1n) is 5.65. The van der Waals surface area contributed by atoms with E-state index in [1.165, 1.54) is 0 Å². The minimum Gasteiger partial charge on any atom is -0.487 e. The topological polar surface area (TPSA) is 45.9 Å². The highest BCUT2D eigenvalue weighted by molar-refractivity contribution is 9.11. The van der Waals surface area contributed by atoms with E-state index in [-0.39, 0.29) is 0 Å². The third-order valence-electron chi connectivity index (χ3n) is 2.53. The maximum atomic E-state index is 8.81. The Morgan fingerprint density at radius 2 is 1.90 bits per heavy atom. The number of halogens is 3. The summed E-state index contributed by atoms with van der Waals surface area (Å²) in [6, 6.07) is 9.36. The van der Waals surface area contributed by atoms with Crippen LogP contribution < -0.4 is 4.74 Å². The number of alkyl halides is 1. The molecule has 6 heteroatoms. The average molecular weight is 416 g/mol. The number of aromatic nitrogens is 1. The van der Waals surface area contributed by atoms with Crippen molar-refractivity contribution in [2.24, 2.45) is 0 Å². The molecule has 2 aromatic rings. The summed E-state index contributed by atoms with van der Waals surface area (Å²) < 4.78 is 7.44. The second kappa shape index (κ2) is 7.07. The summed E-state index contributed by atoms with van der Waals surface area (Å²) in [7, 11) is 0. The van der Waals surface area contributed by atoms with Crippen molar-refractivity contribution in [3.05, 3.63) is 56.2 Å². The Balaban J connectivity index is 2.17. The Kier molecular flexibility index (Phi) is 5.41. The molecule has 0 aliphatic heterocycles. The maximum absolute atomic E-state index is 8.81. The van der Waals surface area contributed by atoms with E-state index >= 15 is 0 Å². The highest BCUT2D eigenvalue weighted by Gasteiger charge is 2.09. The fraction of sp³-hybridized carbons (Fsp3) is 0.143. The zero-order valence-electron chi connectivity index (χ0n) is 10.2. The van der Waals surface area contributed by atoms with Crippen LogP contribution in [0, 0.1) is 11.3 Å². The van der Waals surface area contributed by atoms with Gasteiger partial charge in [-0.05, 0) is 67.3 Å². The van der Waals surface area contributed by atoms with Gasteiger partial charge in [-0.25, -0.2) is 4.98 Å². The van der Waals surface area contributed by atoms with E-state index in [0.717, 1.165) is 20.1 Å². The Hall–Kier alpha value is -1.09. The predicted molar refractivity (Wildman–Crippen MR) is 84.7 cm³/mol. The van der Waals surface area contributed by atoms with Gasteiger partial charge in [-0.15, -0.1) is 11.6 Å². The van der Waals surface area contributed by atoms with Gasteiger partial charge in [0.25, 0.3) is 0 Å². The van der Waals surface area contributed by atoms with E-state index < -0.39 is 0 Å². The standard InChI is InChI=1S/C14H9Br2ClN2O/c15-12-4-10(6-17)5-13(16)14(12)20-8-9-1-2-19-11(3-9)7-18/h1-5H,6,8H2. The van der Waals surface area contributed by atoms with Crippen molar-refractivity contribution in [2.45, 2.75) is 12.5 Å². The van der Waals surface area contributed by atoms with Crippen molar-refractivity contribution in [1.82, 2.24) is 4.98 Å². The molecule has 0 bridgehead atoms. The van der Waals surface area contributed by atoms with E-state index in [9.17, 15) is 0 Å². The van der Waals surface area contributed by atoms with Gasteiger partial charge >= 0.3 is 0 Å². The lowest BCUT2D eigenvalue weighted by Gasteiger charge is -2.11. The molecule has 0 saturated carbocycles. The molecule has 0 amide bonds. The van der Waals surface area contributed by atoms with E-state index in [1.54, 1.807) is 12.3 Å². The first-order valence-corrected chi connectivity index (χ1v) is 7.78. The fourth-order valence-corrected chi connectivity index (χ4v) is 3.27. The van der Waals surface area contributed by atoms with Crippen LogP contribution in [-0.4, -0.2) is 4.98 Å². The molecule has 0 spiro atoms. The van der Waals surface area contributed by atoms with Crippen molar-refractivity contribution in [3.63, 3.8) is 0 Å². The van der Waals surface area contributed by atoms with Gasteiger partial charge in [0.05, 0.1) is 8.95 Å². The number of benzene rings is 1. The summed E-state index contributed by atoms with van der Waals surface area (Å²) in [6.07, 6.45) is 1.60. The van der Waals surface area contributed by atoms with E-state index in [4.69, 9.17) is 21.6 Å². The molecule has 2 rings (SSSR count). The highest BCUT2D eigenvalue weighted by atomic mass is 79.9. The Morgan fingerprint density at radius 3 is 2.50 bits per heavy atom. The molecule has 0 aliphatic carbocycles. The van der Waals surface area contributed by atoms with Gasteiger partial charge in [-0.2, -0.15) is 5.26 Å². The molecule has 0 atom stereocenters. The zero-order valence-corrected chi connectivity index (χ0v) is 14.2. The fourth-order valence-electron chi connectivity index (χ4n) is 1.61. The number of rotatable bonds is 4. The number of pyridine rings is 1. The van der Waals surface area contributed by atoms with Crippen LogP contribution in [0.5, 0.6) is 5.75 Å². The summed E-state index contributed by atoms with van der Waals surface area (Å²) in [5.74, 6) is 1.14. The lowest BCUT2D eigenvalue weighted by atomic mass is 10.2. The first-order chi connectivity index (χ1) is 9.63. The Morgan fingerprint density at radius 1 is 1.20 bits per heavy atom. The maximum Gasteiger partial charge on any atom is 0.148 e. The molecule has 0 N–H and O–H groups in total. The van der Waals surface area contributed by atoms with Crippen LogP contribution >= 0.6 is 43.5 Å². The van der Waals surface area contributed by atoms with Crippen molar-refractivity contribution in [2.75, 3.05) is 0 Å². The van der Waals surface area contributed by atoms with Crippen molar-refractivity contribution < 1.29 is 4.74 Å². The van der Waals surface area contributed by atoms with Gasteiger partial charge in [-0.1, -0.05) is 0 Å². The van der Waals surface area contributed by atoms with Crippen LogP contribution in [0.15, 0.2) is 39.4 Å². The molecule has 0 aliphatic rings. The summed E-state index contributed by atoms with van der Waals surface area (Å²) in [6.45, 7) is 0.356.